The number of aliphatic hydroxyl groups is 1. The maximum absolute atomic E-state index is 11.8. The molecule has 0 spiro atoms. The van der Waals surface area contributed by atoms with Crippen LogP contribution in [-0.4, -0.2) is 49.2 Å². The lowest BCUT2D eigenvalue weighted by atomic mass is 10.1. The Bertz CT molecular complexity index is 652. The first-order valence-electron chi connectivity index (χ1n) is 6.44. The third-order valence-corrected chi connectivity index (χ3v) is 4.38. The van der Waals surface area contributed by atoms with Crippen molar-refractivity contribution in [3.8, 4) is 0 Å². The number of carboxylic acid groups (broad SMARTS) is 1. The number of sulfonamides is 1. The van der Waals surface area contributed by atoms with Crippen LogP contribution >= 0.6 is 0 Å². The highest BCUT2D eigenvalue weighted by Crippen LogP contribution is 2.11. The second kappa shape index (κ2) is 6.86. The smallest absolute Gasteiger partial charge is 0.337 e. The van der Waals surface area contributed by atoms with Gasteiger partial charge in [0.2, 0.25) is 10.0 Å². The van der Waals surface area contributed by atoms with E-state index < -0.39 is 34.0 Å². The predicted molar refractivity (Wildman–Crippen MR) is 77.9 cm³/mol. The zero-order valence-electron chi connectivity index (χ0n) is 12.2. The number of nitrogens with one attached hydrogen (secondary N) is 2. The van der Waals surface area contributed by atoms with Crippen molar-refractivity contribution >= 4 is 21.9 Å². The maximum Gasteiger partial charge on any atom is 0.337 e. The van der Waals surface area contributed by atoms with Gasteiger partial charge in [-0.25, -0.2) is 17.9 Å². The van der Waals surface area contributed by atoms with E-state index in [1.165, 1.54) is 24.3 Å². The van der Waals surface area contributed by atoms with Gasteiger partial charge in [-0.15, -0.1) is 0 Å². The molecular formula is C13H18N2O6S. The monoisotopic (exact) mass is 330 g/mol. The fraction of sp³-hybridized carbons (Fsp3) is 0.385. The van der Waals surface area contributed by atoms with Crippen LogP contribution in [0.15, 0.2) is 29.2 Å². The zero-order chi connectivity index (χ0) is 17.0. The minimum Gasteiger partial charge on any atom is -0.479 e. The molecule has 22 heavy (non-hydrogen) atoms. The number of benzene rings is 1. The SMILES string of the molecule is CCNS(=O)(=O)c1ccc(C(=O)NCC(C)(O)C(=O)O)cc1. The van der Waals surface area contributed by atoms with Crippen LogP contribution in [0, 0.1) is 0 Å². The zero-order valence-corrected chi connectivity index (χ0v) is 13.0. The van der Waals surface area contributed by atoms with Crippen LogP contribution in [0.4, 0.5) is 0 Å². The van der Waals surface area contributed by atoms with E-state index in [0.717, 1.165) is 6.92 Å². The van der Waals surface area contributed by atoms with Gasteiger partial charge in [0, 0.05) is 12.1 Å². The van der Waals surface area contributed by atoms with Gasteiger partial charge in [0.1, 0.15) is 0 Å². The summed E-state index contributed by atoms with van der Waals surface area (Å²) < 4.78 is 25.8. The first-order valence-corrected chi connectivity index (χ1v) is 7.92. The summed E-state index contributed by atoms with van der Waals surface area (Å²) in [7, 11) is -3.60. The van der Waals surface area contributed by atoms with Crippen molar-refractivity contribution in [3.63, 3.8) is 0 Å². The summed E-state index contributed by atoms with van der Waals surface area (Å²) in [5.41, 5.74) is -1.93. The Balaban J connectivity index is 2.79. The van der Waals surface area contributed by atoms with Gasteiger partial charge in [0.15, 0.2) is 5.60 Å². The van der Waals surface area contributed by atoms with Crippen LogP contribution < -0.4 is 10.0 Å². The molecule has 0 heterocycles. The summed E-state index contributed by atoms with van der Waals surface area (Å²) in [6, 6.07) is 5.13. The number of carbonyl (C=O) groups is 2. The molecular weight excluding hydrogens is 312 g/mol. The van der Waals surface area contributed by atoms with E-state index in [0.29, 0.717) is 0 Å². The fourth-order valence-electron chi connectivity index (χ4n) is 1.49. The number of amides is 1. The van der Waals surface area contributed by atoms with Crippen molar-refractivity contribution < 1.29 is 28.2 Å². The Labute approximate surface area is 128 Å². The van der Waals surface area contributed by atoms with Gasteiger partial charge in [-0.3, -0.25) is 4.79 Å². The molecule has 0 aliphatic rings. The summed E-state index contributed by atoms with van der Waals surface area (Å²) in [5, 5.41) is 20.5. The van der Waals surface area contributed by atoms with E-state index in [1.807, 2.05) is 0 Å². The van der Waals surface area contributed by atoms with Gasteiger partial charge >= 0.3 is 5.97 Å². The van der Waals surface area contributed by atoms with E-state index >= 15 is 0 Å². The lowest BCUT2D eigenvalue weighted by Gasteiger charge is -2.18. The molecule has 1 amide bonds. The molecule has 0 aromatic heterocycles. The lowest BCUT2D eigenvalue weighted by Crippen LogP contribution is -2.46. The van der Waals surface area contributed by atoms with E-state index in [2.05, 4.69) is 10.0 Å². The van der Waals surface area contributed by atoms with Crippen LogP contribution in [0.3, 0.4) is 0 Å². The van der Waals surface area contributed by atoms with Crippen LogP contribution in [0.2, 0.25) is 0 Å². The van der Waals surface area contributed by atoms with Gasteiger partial charge in [0.05, 0.1) is 11.4 Å². The Morgan fingerprint density at radius 1 is 1.23 bits per heavy atom. The van der Waals surface area contributed by atoms with Crippen molar-refractivity contribution in [2.45, 2.75) is 24.3 Å². The van der Waals surface area contributed by atoms with Gasteiger partial charge in [-0.05, 0) is 31.2 Å². The topological polar surface area (TPSA) is 133 Å². The van der Waals surface area contributed by atoms with Crippen LogP contribution in [0.25, 0.3) is 0 Å². The highest BCUT2D eigenvalue weighted by Gasteiger charge is 2.30. The van der Waals surface area contributed by atoms with Crippen molar-refractivity contribution in [2.75, 3.05) is 13.1 Å². The summed E-state index contributed by atoms with van der Waals surface area (Å²) in [6.07, 6.45) is 0. The second-order valence-electron chi connectivity index (χ2n) is 4.79. The Kier molecular flexibility index (Phi) is 5.64. The third kappa shape index (κ3) is 4.52. The average Bonchev–Trinajstić information content (AvgIpc) is 2.44. The van der Waals surface area contributed by atoms with E-state index in [9.17, 15) is 23.1 Å². The van der Waals surface area contributed by atoms with Crippen molar-refractivity contribution in [1.29, 1.82) is 0 Å². The summed E-state index contributed by atoms with van der Waals surface area (Å²) >= 11 is 0. The predicted octanol–water partition coefficient (Wildman–Crippen LogP) is -0.450. The van der Waals surface area contributed by atoms with Crippen LogP contribution in [0.5, 0.6) is 0 Å². The molecule has 0 aliphatic carbocycles. The average molecular weight is 330 g/mol. The molecule has 1 aromatic carbocycles. The highest BCUT2D eigenvalue weighted by atomic mass is 32.2. The maximum atomic E-state index is 11.8. The van der Waals surface area contributed by atoms with Crippen molar-refractivity contribution in [2.24, 2.45) is 0 Å². The van der Waals surface area contributed by atoms with Crippen LogP contribution in [-0.2, 0) is 14.8 Å². The Hall–Kier alpha value is -1.97. The molecule has 1 aromatic rings. The lowest BCUT2D eigenvalue weighted by molar-refractivity contribution is -0.155. The number of carboxylic acids is 1. The standard InChI is InChI=1S/C13H18N2O6S/c1-3-15-22(20,21)10-6-4-9(5-7-10)11(16)14-8-13(2,19)12(17)18/h4-7,15,19H,3,8H2,1-2H3,(H,14,16)(H,17,18). The fourth-order valence-corrected chi connectivity index (χ4v) is 2.53. The summed E-state index contributed by atoms with van der Waals surface area (Å²) in [4.78, 5) is 22.5. The van der Waals surface area contributed by atoms with E-state index in [4.69, 9.17) is 5.11 Å². The Morgan fingerprint density at radius 3 is 2.23 bits per heavy atom. The minimum atomic E-state index is -3.60. The Morgan fingerprint density at radius 2 is 1.77 bits per heavy atom. The molecule has 1 atom stereocenters. The number of hydrogen-bond donors (Lipinski definition) is 4. The van der Waals surface area contributed by atoms with Crippen molar-refractivity contribution in [1.82, 2.24) is 10.0 Å². The number of hydrogen-bond acceptors (Lipinski definition) is 5. The normalized spacial score (nSPS) is 14.1. The summed E-state index contributed by atoms with van der Waals surface area (Å²) in [6.45, 7) is 2.48. The molecule has 0 bridgehead atoms. The second-order valence-corrected chi connectivity index (χ2v) is 6.55. The molecule has 0 aliphatic heterocycles. The molecule has 0 saturated heterocycles. The third-order valence-electron chi connectivity index (χ3n) is 2.82. The molecule has 0 fully saturated rings. The first-order chi connectivity index (χ1) is 10.1. The van der Waals surface area contributed by atoms with E-state index in [-0.39, 0.29) is 17.0 Å². The number of rotatable bonds is 7. The van der Waals surface area contributed by atoms with Crippen LogP contribution in [0.1, 0.15) is 24.2 Å². The van der Waals surface area contributed by atoms with Gasteiger partial charge in [0.25, 0.3) is 5.91 Å². The molecule has 1 unspecified atom stereocenters. The van der Waals surface area contributed by atoms with E-state index in [1.54, 1.807) is 6.92 Å². The van der Waals surface area contributed by atoms with Gasteiger partial charge < -0.3 is 15.5 Å². The molecule has 9 heteroatoms. The number of aliphatic carboxylic acids is 1. The molecule has 0 saturated carbocycles. The highest BCUT2D eigenvalue weighted by molar-refractivity contribution is 7.89. The molecule has 1 rings (SSSR count). The molecule has 8 nitrogen and oxygen atoms in total. The minimum absolute atomic E-state index is 0.0171. The van der Waals surface area contributed by atoms with Gasteiger partial charge in [-0.2, -0.15) is 0 Å². The quantitative estimate of drug-likeness (QED) is 0.535. The number of carbonyl (C=O) groups excluding carboxylic acids is 1. The largest absolute Gasteiger partial charge is 0.479 e. The van der Waals surface area contributed by atoms with Gasteiger partial charge in [-0.1, -0.05) is 6.92 Å². The molecule has 4 N–H and O–H groups in total. The molecule has 122 valence electrons. The summed E-state index contributed by atoms with van der Waals surface area (Å²) in [5.74, 6) is -2.08. The molecule has 0 radical (unpaired) electrons. The van der Waals surface area contributed by atoms with Crippen molar-refractivity contribution in [3.05, 3.63) is 29.8 Å². The first kappa shape index (κ1) is 18.1.